The van der Waals surface area contributed by atoms with Crippen LogP contribution in [0.25, 0.3) is 6.08 Å². The van der Waals surface area contributed by atoms with Gasteiger partial charge in [-0.25, -0.2) is 8.42 Å². The third kappa shape index (κ3) is 6.88. The molecule has 2 aromatic carbocycles. The third-order valence-corrected chi connectivity index (χ3v) is 4.60. The summed E-state index contributed by atoms with van der Waals surface area (Å²) in [6.45, 7) is 5.70. The number of carbonyl (C=O) groups is 1. The first kappa shape index (κ1) is 20.7. The van der Waals surface area contributed by atoms with Crippen molar-refractivity contribution in [2.45, 2.75) is 26.7 Å². The monoisotopic (exact) mass is 388 g/mol. The van der Waals surface area contributed by atoms with Gasteiger partial charge in [-0.3, -0.25) is 10.2 Å². The van der Waals surface area contributed by atoms with Crippen LogP contribution < -0.4 is 15.0 Å². The number of amides is 1. The molecule has 0 bridgehead atoms. The van der Waals surface area contributed by atoms with Gasteiger partial charge in [0.1, 0.15) is 5.75 Å². The molecule has 0 fully saturated rings. The van der Waals surface area contributed by atoms with E-state index in [0.717, 1.165) is 22.1 Å². The van der Waals surface area contributed by atoms with Gasteiger partial charge in [0.25, 0.3) is 15.9 Å². The summed E-state index contributed by atoms with van der Waals surface area (Å²) in [5.74, 6) is 0.264. The zero-order valence-corrected chi connectivity index (χ0v) is 16.4. The summed E-state index contributed by atoms with van der Waals surface area (Å²) in [5, 5.41) is 0.987. The standard InChI is InChI=1S/C20H24N2O4S/c1-15(2)18-10-9-16(3)13-19(18)26-14-20(23)21-22-27(24,25)12-11-17-7-5-4-6-8-17/h4-13,15,22H,14H2,1-3H3,(H,21,23)/b12-11+. The first-order chi connectivity index (χ1) is 12.8. The molecule has 0 aliphatic carbocycles. The molecule has 0 radical (unpaired) electrons. The van der Waals surface area contributed by atoms with Crippen LogP contribution in [0.2, 0.25) is 0 Å². The molecule has 0 aromatic heterocycles. The Hall–Kier alpha value is -2.64. The Labute approximate surface area is 160 Å². The Kier molecular flexibility index (Phi) is 7.15. The molecule has 27 heavy (non-hydrogen) atoms. The molecule has 144 valence electrons. The van der Waals surface area contributed by atoms with Crippen molar-refractivity contribution in [1.82, 2.24) is 10.3 Å². The summed E-state index contributed by atoms with van der Waals surface area (Å²) in [7, 11) is -3.80. The molecule has 0 unspecified atom stereocenters. The molecule has 0 atom stereocenters. The third-order valence-electron chi connectivity index (χ3n) is 3.72. The number of sulfonamides is 1. The predicted molar refractivity (Wildman–Crippen MR) is 106 cm³/mol. The Bertz CT molecular complexity index is 907. The fourth-order valence-electron chi connectivity index (χ4n) is 2.32. The Morgan fingerprint density at radius 2 is 1.85 bits per heavy atom. The predicted octanol–water partition coefficient (Wildman–Crippen LogP) is 3.12. The minimum absolute atomic E-state index is 0.241. The molecule has 2 N–H and O–H groups in total. The van der Waals surface area contributed by atoms with Gasteiger partial charge < -0.3 is 4.74 Å². The number of hydrazine groups is 1. The quantitative estimate of drug-likeness (QED) is 0.681. The van der Waals surface area contributed by atoms with Crippen molar-refractivity contribution in [1.29, 1.82) is 0 Å². The highest BCUT2D eigenvalue weighted by Gasteiger charge is 2.12. The highest BCUT2D eigenvalue weighted by atomic mass is 32.2. The van der Waals surface area contributed by atoms with Crippen LogP contribution in [0.1, 0.15) is 36.5 Å². The average molecular weight is 388 g/mol. The molecular weight excluding hydrogens is 364 g/mol. The SMILES string of the molecule is Cc1ccc(C(C)C)c(OCC(=O)NNS(=O)(=O)/C=C/c2ccccc2)c1. The molecule has 1 amide bonds. The first-order valence-corrected chi connectivity index (χ1v) is 10.1. The van der Waals surface area contributed by atoms with E-state index in [2.05, 4.69) is 5.43 Å². The first-order valence-electron chi connectivity index (χ1n) is 8.54. The highest BCUT2D eigenvalue weighted by molar-refractivity contribution is 7.92. The molecule has 0 aliphatic heterocycles. The average Bonchev–Trinajstić information content (AvgIpc) is 2.64. The molecule has 6 nitrogen and oxygen atoms in total. The van der Waals surface area contributed by atoms with Crippen LogP contribution in [0.15, 0.2) is 53.9 Å². The summed E-state index contributed by atoms with van der Waals surface area (Å²) < 4.78 is 29.4. The topological polar surface area (TPSA) is 84.5 Å². The van der Waals surface area contributed by atoms with Gasteiger partial charge in [0.2, 0.25) is 0 Å². The van der Waals surface area contributed by atoms with Crippen molar-refractivity contribution in [3.8, 4) is 5.75 Å². The maximum atomic E-state index is 11.9. The van der Waals surface area contributed by atoms with E-state index in [4.69, 9.17) is 4.74 Å². The van der Waals surface area contributed by atoms with E-state index in [0.29, 0.717) is 5.75 Å². The van der Waals surface area contributed by atoms with Gasteiger partial charge in [-0.15, -0.1) is 4.83 Å². The Balaban J connectivity index is 1.89. The van der Waals surface area contributed by atoms with Gasteiger partial charge >= 0.3 is 0 Å². The summed E-state index contributed by atoms with van der Waals surface area (Å²) in [5.41, 5.74) is 4.88. The second-order valence-electron chi connectivity index (χ2n) is 6.39. The fourth-order valence-corrected chi connectivity index (χ4v) is 2.98. The van der Waals surface area contributed by atoms with Crippen LogP contribution in [0.4, 0.5) is 0 Å². The van der Waals surface area contributed by atoms with Gasteiger partial charge in [-0.05, 0) is 41.7 Å². The van der Waals surface area contributed by atoms with Gasteiger partial charge in [0.05, 0.1) is 0 Å². The largest absolute Gasteiger partial charge is 0.483 e. The van der Waals surface area contributed by atoms with Gasteiger partial charge in [-0.2, -0.15) is 0 Å². The van der Waals surface area contributed by atoms with E-state index in [-0.39, 0.29) is 12.5 Å². The number of aryl methyl sites for hydroxylation is 1. The Morgan fingerprint density at radius 1 is 1.15 bits per heavy atom. The summed E-state index contributed by atoms with van der Waals surface area (Å²) >= 11 is 0. The number of hydrogen-bond donors (Lipinski definition) is 2. The number of carbonyl (C=O) groups excluding carboxylic acids is 1. The van der Waals surface area contributed by atoms with Crippen LogP contribution in [0.3, 0.4) is 0 Å². The lowest BCUT2D eigenvalue weighted by Crippen LogP contribution is -2.42. The summed E-state index contributed by atoms with van der Waals surface area (Å²) in [4.78, 5) is 13.9. The summed E-state index contributed by atoms with van der Waals surface area (Å²) in [6, 6.07) is 14.8. The second-order valence-corrected chi connectivity index (χ2v) is 7.96. The number of hydrogen-bond acceptors (Lipinski definition) is 4. The molecule has 0 saturated carbocycles. The number of benzene rings is 2. The van der Waals surface area contributed by atoms with Crippen molar-refractivity contribution in [3.63, 3.8) is 0 Å². The minimum Gasteiger partial charge on any atom is -0.483 e. The molecule has 2 aromatic rings. The van der Waals surface area contributed by atoms with Crippen molar-refractivity contribution in [3.05, 3.63) is 70.6 Å². The molecule has 0 spiro atoms. The van der Waals surface area contributed by atoms with Crippen molar-refractivity contribution >= 4 is 22.0 Å². The van der Waals surface area contributed by atoms with Gasteiger partial charge in [0.15, 0.2) is 6.61 Å². The summed E-state index contributed by atoms with van der Waals surface area (Å²) in [6.07, 6.45) is 1.44. The lowest BCUT2D eigenvalue weighted by Gasteiger charge is -2.14. The van der Waals surface area contributed by atoms with E-state index in [1.165, 1.54) is 6.08 Å². The van der Waals surface area contributed by atoms with E-state index < -0.39 is 15.9 Å². The molecule has 7 heteroatoms. The van der Waals surface area contributed by atoms with Crippen LogP contribution in [0, 0.1) is 6.92 Å². The lowest BCUT2D eigenvalue weighted by atomic mass is 10.0. The van der Waals surface area contributed by atoms with Gasteiger partial charge in [-0.1, -0.05) is 56.3 Å². The number of nitrogens with one attached hydrogen (secondary N) is 2. The van der Waals surface area contributed by atoms with Crippen molar-refractivity contribution in [2.24, 2.45) is 0 Å². The molecule has 0 aliphatic rings. The zero-order valence-electron chi connectivity index (χ0n) is 15.6. The number of rotatable bonds is 8. The highest BCUT2D eigenvalue weighted by Crippen LogP contribution is 2.27. The van der Waals surface area contributed by atoms with E-state index in [9.17, 15) is 13.2 Å². The maximum absolute atomic E-state index is 11.9. The molecule has 0 heterocycles. The van der Waals surface area contributed by atoms with Crippen LogP contribution in [0.5, 0.6) is 5.75 Å². The van der Waals surface area contributed by atoms with E-state index in [1.807, 2.05) is 49.9 Å². The molecular formula is C20H24N2O4S. The lowest BCUT2D eigenvalue weighted by molar-refractivity contribution is -0.123. The minimum atomic E-state index is -3.80. The van der Waals surface area contributed by atoms with Crippen LogP contribution in [-0.2, 0) is 14.8 Å². The van der Waals surface area contributed by atoms with E-state index in [1.54, 1.807) is 24.3 Å². The number of ether oxygens (including phenoxy) is 1. The smallest absolute Gasteiger partial charge is 0.272 e. The van der Waals surface area contributed by atoms with Crippen molar-refractivity contribution in [2.75, 3.05) is 6.61 Å². The van der Waals surface area contributed by atoms with E-state index >= 15 is 0 Å². The van der Waals surface area contributed by atoms with Gasteiger partial charge in [0, 0.05) is 5.41 Å². The molecule has 2 rings (SSSR count). The van der Waals surface area contributed by atoms with Crippen molar-refractivity contribution < 1.29 is 17.9 Å². The normalized spacial score (nSPS) is 11.7. The fraction of sp³-hybridized carbons (Fsp3) is 0.250. The second kappa shape index (κ2) is 9.34. The maximum Gasteiger partial charge on any atom is 0.272 e. The molecule has 0 saturated heterocycles. The Morgan fingerprint density at radius 3 is 2.52 bits per heavy atom. The van der Waals surface area contributed by atoms with Crippen LogP contribution in [-0.4, -0.2) is 20.9 Å². The zero-order chi connectivity index (χ0) is 19.9. The van der Waals surface area contributed by atoms with Crippen LogP contribution >= 0.6 is 0 Å².